The van der Waals surface area contributed by atoms with Crippen molar-refractivity contribution in [2.45, 2.75) is 0 Å². The van der Waals surface area contributed by atoms with Gasteiger partial charge in [0, 0.05) is 68.3 Å². The molecule has 0 bridgehead atoms. The molecule has 4 nitrogen and oxygen atoms in total. The Morgan fingerprint density at radius 2 is 1.00 bits per heavy atom. The molecule has 0 aromatic rings. The van der Waals surface area contributed by atoms with Crippen molar-refractivity contribution in [2.24, 2.45) is 0 Å². The van der Waals surface area contributed by atoms with Crippen molar-refractivity contribution in [3.63, 3.8) is 0 Å². The zero-order valence-electron chi connectivity index (χ0n) is 3.57. The molecule has 0 heterocycles. The van der Waals surface area contributed by atoms with Crippen LogP contribution in [-0.4, -0.2) is 65.6 Å². The maximum Gasteiger partial charge on any atom is 0 e. The zero-order chi connectivity index (χ0) is 3.58. The van der Waals surface area contributed by atoms with E-state index in [2.05, 4.69) is 0 Å². The van der Waals surface area contributed by atoms with E-state index in [0.29, 0.717) is 0 Å². The van der Waals surface area contributed by atoms with Gasteiger partial charge in [0.2, 0.25) is 0 Å². The summed E-state index contributed by atoms with van der Waals surface area (Å²) in [5, 5.41) is 21.5. The molecule has 2 radical (unpaired) electrons. The Morgan fingerprint density at radius 1 is 1.00 bits per heavy atom. The molecular formula is H7BCaLaO4Y. The molecule has 0 aliphatic rings. The SMILES string of the molecule is O.OB(O)O.[CaH2].[La].[Y]. The standard InChI is InChI=1S/BH3O3.Ca.La.H2O.Y.2H/c2-1(3)4;;;;;;/h2-4H;;;1H2;;;. The minimum Gasteiger partial charge on any atom is 0 e. The van der Waals surface area contributed by atoms with Crippen molar-refractivity contribution in [1.29, 1.82) is 0 Å². The van der Waals surface area contributed by atoms with Crippen LogP contribution in [-0.2, 0) is 32.7 Å². The molecular weight excluding hydrogens is 343 g/mol. The maximum atomic E-state index is 7.17. The summed E-state index contributed by atoms with van der Waals surface area (Å²) in [5.41, 5.74) is 0. The Morgan fingerprint density at radius 3 is 1.00 bits per heavy atom. The van der Waals surface area contributed by atoms with Gasteiger partial charge in [-0.3, -0.25) is 0 Å². The van der Waals surface area contributed by atoms with Crippen LogP contribution in [0.4, 0.5) is 0 Å². The predicted octanol–water partition coefficient (Wildman–Crippen LogP) is -3.80. The van der Waals surface area contributed by atoms with Gasteiger partial charge in [0.05, 0.1) is 0 Å². The molecule has 8 heavy (non-hydrogen) atoms. The van der Waals surface area contributed by atoms with E-state index in [-0.39, 0.29) is 112 Å². The molecule has 5 N–H and O–H groups in total. The molecule has 8 heteroatoms. The molecule has 0 atom stereocenters. The second-order valence-corrected chi connectivity index (χ2v) is 0.346. The van der Waals surface area contributed by atoms with E-state index in [1.54, 1.807) is 0 Å². The van der Waals surface area contributed by atoms with Crippen molar-refractivity contribution in [1.82, 2.24) is 0 Å². The van der Waals surface area contributed by atoms with Crippen LogP contribution in [0.1, 0.15) is 0 Å². The second kappa shape index (κ2) is 22.4. The van der Waals surface area contributed by atoms with E-state index >= 15 is 0 Å². The third-order valence-corrected chi connectivity index (χ3v) is 0. The summed E-state index contributed by atoms with van der Waals surface area (Å²) in [5.74, 6) is 0. The van der Waals surface area contributed by atoms with Crippen LogP contribution in [0.3, 0.4) is 0 Å². The normalized spacial score (nSPS) is 3.38. The van der Waals surface area contributed by atoms with E-state index in [1.807, 2.05) is 0 Å². The Labute approximate surface area is 131 Å². The number of hydrogen-bond acceptors (Lipinski definition) is 3. The van der Waals surface area contributed by atoms with Crippen molar-refractivity contribution in [3.05, 3.63) is 0 Å². The van der Waals surface area contributed by atoms with Crippen LogP contribution in [0.2, 0.25) is 0 Å². The summed E-state index contributed by atoms with van der Waals surface area (Å²) >= 11 is 0. The first-order valence-electron chi connectivity index (χ1n) is 0.775. The molecule has 0 spiro atoms. The first-order valence-corrected chi connectivity index (χ1v) is 0.775. The summed E-state index contributed by atoms with van der Waals surface area (Å²) in [4.78, 5) is 0. The van der Waals surface area contributed by atoms with Gasteiger partial charge in [0.25, 0.3) is 0 Å². The topological polar surface area (TPSA) is 92.2 Å². The molecule has 42 valence electrons. The van der Waals surface area contributed by atoms with Gasteiger partial charge in [-0.25, -0.2) is 0 Å². The maximum absolute atomic E-state index is 7.17. The molecule has 0 aromatic carbocycles. The first-order chi connectivity index (χ1) is 1.73. The smallest absolute Gasteiger partial charge is 0 e. The fourth-order valence-corrected chi connectivity index (χ4v) is 0. The Bertz CT molecular complexity index is 20.8. The summed E-state index contributed by atoms with van der Waals surface area (Å²) in [6.07, 6.45) is 0. The average Bonchev–Trinajstić information content (AvgIpc) is 0.811. The van der Waals surface area contributed by atoms with Gasteiger partial charge in [-0.1, -0.05) is 0 Å². The van der Waals surface area contributed by atoms with Crippen molar-refractivity contribution in [2.75, 3.05) is 0 Å². The third kappa shape index (κ3) is 56.5. The number of rotatable bonds is 0. The van der Waals surface area contributed by atoms with Crippen molar-refractivity contribution >= 4 is 45.1 Å². The molecule has 0 amide bonds. The summed E-state index contributed by atoms with van der Waals surface area (Å²) in [7, 11) is -2.17. The molecule has 0 aliphatic carbocycles. The van der Waals surface area contributed by atoms with E-state index < -0.39 is 7.32 Å². The molecule has 0 aromatic heterocycles. The monoisotopic (exact) mass is 350 g/mol. The fourth-order valence-electron chi connectivity index (χ4n) is 0. The molecule has 0 aliphatic heterocycles. The van der Waals surface area contributed by atoms with E-state index in [0.717, 1.165) is 0 Å². The largest absolute Gasteiger partial charge is 0 e. The molecule has 0 unspecified atom stereocenters. The van der Waals surface area contributed by atoms with Gasteiger partial charge < -0.3 is 20.5 Å². The van der Waals surface area contributed by atoms with Crippen molar-refractivity contribution in [3.8, 4) is 0 Å². The van der Waals surface area contributed by atoms with Crippen LogP contribution >= 0.6 is 0 Å². The van der Waals surface area contributed by atoms with Gasteiger partial charge in [0.1, 0.15) is 0 Å². The minimum atomic E-state index is -2.17. The minimum absolute atomic E-state index is 0. The predicted molar refractivity (Wildman–Crippen MR) is 24.6 cm³/mol. The van der Waals surface area contributed by atoms with Crippen LogP contribution in [0.5, 0.6) is 0 Å². The summed E-state index contributed by atoms with van der Waals surface area (Å²) in [6.45, 7) is 0. The quantitative estimate of drug-likeness (QED) is 0.392. The van der Waals surface area contributed by atoms with Gasteiger partial charge in [-0.2, -0.15) is 0 Å². The molecule has 0 rings (SSSR count). The first kappa shape index (κ1) is 30.0. The summed E-state index contributed by atoms with van der Waals surface area (Å²) < 4.78 is 0. The van der Waals surface area contributed by atoms with Gasteiger partial charge in [-0.15, -0.1) is 0 Å². The second-order valence-electron chi connectivity index (χ2n) is 0.346. The van der Waals surface area contributed by atoms with E-state index in [9.17, 15) is 0 Å². The van der Waals surface area contributed by atoms with Crippen LogP contribution < -0.4 is 0 Å². The van der Waals surface area contributed by atoms with E-state index in [1.165, 1.54) is 0 Å². The fraction of sp³-hybridized carbons (Fsp3) is 0. The zero-order valence-corrected chi connectivity index (χ0v) is 10.0. The Balaban J connectivity index is -0.00000000750. The van der Waals surface area contributed by atoms with Crippen LogP contribution in [0, 0.1) is 35.6 Å². The number of hydrogen-bond donors (Lipinski definition) is 3. The van der Waals surface area contributed by atoms with Gasteiger partial charge in [-0.05, 0) is 0 Å². The Kier molecular flexibility index (Phi) is 84.2. The average molecular weight is 350 g/mol. The molecule has 0 saturated carbocycles. The summed E-state index contributed by atoms with van der Waals surface area (Å²) in [6, 6.07) is 0. The van der Waals surface area contributed by atoms with Crippen LogP contribution in [0.25, 0.3) is 0 Å². The van der Waals surface area contributed by atoms with Crippen molar-refractivity contribution < 1.29 is 88.9 Å². The van der Waals surface area contributed by atoms with Crippen LogP contribution in [0.15, 0.2) is 0 Å². The van der Waals surface area contributed by atoms with Gasteiger partial charge >= 0.3 is 45.1 Å². The van der Waals surface area contributed by atoms with E-state index in [4.69, 9.17) is 15.1 Å². The third-order valence-electron chi connectivity index (χ3n) is 0. The molecule has 0 fully saturated rings. The van der Waals surface area contributed by atoms with Gasteiger partial charge in [0.15, 0.2) is 0 Å². The molecule has 0 saturated heterocycles. The Hall–Kier alpha value is 3.46.